The molecule has 0 radical (unpaired) electrons. The summed E-state index contributed by atoms with van der Waals surface area (Å²) in [6.45, 7) is 2.01. The number of benzene rings is 1. The Morgan fingerprint density at radius 1 is 1.21 bits per heavy atom. The number of amides is 1. The Balaban J connectivity index is 0.00000169. The number of nitrogens with one attached hydrogen (secondary N) is 2. The van der Waals surface area contributed by atoms with Crippen molar-refractivity contribution in [3.8, 4) is 11.3 Å². The average Bonchev–Trinajstić information content (AvgIpc) is 3.25. The molecule has 3 heterocycles. The van der Waals surface area contributed by atoms with Crippen LogP contribution in [0.25, 0.3) is 11.3 Å². The van der Waals surface area contributed by atoms with Crippen molar-refractivity contribution >= 4 is 24.0 Å². The second kappa shape index (κ2) is 7.36. The molecule has 1 amide bonds. The van der Waals surface area contributed by atoms with E-state index >= 15 is 0 Å². The van der Waals surface area contributed by atoms with E-state index < -0.39 is 0 Å². The number of hydrogen-bond donors (Lipinski definition) is 2. The van der Waals surface area contributed by atoms with Crippen molar-refractivity contribution in [1.82, 2.24) is 14.9 Å². The average molecular weight is 347 g/mol. The van der Waals surface area contributed by atoms with Crippen LogP contribution in [0.5, 0.6) is 0 Å². The lowest BCUT2D eigenvalue weighted by Gasteiger charge is -2.11. The van der Waals surface area contributed by atoms with Gasteiger partial charge in [-0.1, -0.05) is 12.1 Å². The Hall–Kier alpha value is -1.85. The van der Waals surface area contributed by atoms with Gasteiger partial charge in [0.2, 0.25) is 5.91 Å². The smallest absolute Gasteiger partial charge is 0.241 e. The van der Waals surface area contributed by atoms with Crippen molar-refractivity contribution in [1.29, 1.82) is 0 Å². The van der Waals surface area contributed by atoms with E-state index in [0.717, 1.165) is 49.3 Å². The summed E-state index contributed by atoms with van der Waals surface area (Å²) in [4.78, 5) is 16.9. The summed E-state index contributed by atoms with van der Waals surface area (Å²) >= 11 is 0. The highest BCUT2D eigenvalue weighted by molar-refractivity contribution is 5.95. The molecule has 5 nitrogen and oxygen atoms in total. The number of halogens is 1. The predicted molar refractivity (Wildman–Crippen MR) is 97.5 cm³/mol. The minimum Gasteiger partial charge on any atom is -0.334 e. The highest BCUT2D eigenvalue weighted by atomic mass is 35.5. The molecule has 1 atom stereocenters. The highest BCUT2D eigenvalue weighted by Gasteiger charge is 2.21. The van der Waals surface area contributed by atoms with Crippen LogP contribution in [0, 0.1) is 0 Å². The molecule has 6 heteroatoms. The topological polar surface area (TPSA) is 59.0 Å². The molecule has 1 fully saturated rings. The maximum atomic E-state index is 12.1. The first-order valence-corrected chi connectivity index (χ1v) is 8.50. The van der Waals surface area contributed by atoms with Crippen LogP contribution in [-0.4, -0.2) is 28.0 Å². The number of fused-ring (bicyclic) bond motifs is 1. The second-order valence-corrected chi connectivity index (χ2v) is 6.41. The number of rotatable bonds is 3. The maximum absolute atomic E-state index is 12.1. The van der Waals surface area contributed by atoms with Gasteiger partial charge in [0.25, 0.3) is 0 Å². The molecule has 0 bridgehead atoms. The van der Waals surface area contributed by atoms with Crippen LogP contribution in [0.4, 0.5) is 5.69 Å². The van der Waals surface area contributed by atoms with Crippen LogP contribution >= 0.6 is 12.4 Å². The van der Waals surface area contributed by atoms with Gasteiger partial charge >= 0.3 is 0 Å². The van der Waals surface area contributed by atoms with E-state index in [4.69, 9.17) is 4.98 Å². The van der Waals surface area contributed by atoms with E-state index in [0.29, 0.717) is 0 Å². The molecule has 24 heavy (non-hydrogen) atoms. The number of carbonyl (C=O) groups excluding carboxylic acids is 1. The lowest BCUT2D eigenvalue weighted by atomic mass is 10.1. The zero-order valence-corrected chi connectivity index (χ0v) is 14.4. The molecule has 2 aromatic rings. The third-order valence-corrected chi connectivity index (χ3v) is 4.73. The van der Waals surface area contributed by atoms with Crippen LogP contribution < -0.4 is 10.6 Å². The Bertz CT molecular complexity index is 681. The van der Waals surface area contributed by atoms with Crippen molar-refractivity contribution < 1.29 is 4.79 Å². The Morgan fingerprint density at radius 3 is 2.75 bits per heavy atom. The number of imidazole rings is 1. The molecule has 128 valence electrons. The van der Waals surface area contributed by atoms with E-state index in [1.807, 2.05) is 24.3 Å². The quantitative estimate of drug-likeness (QED) is 0.898. The van der Waals surface area contributed by atoms with Gasteiger partial charge in [-0.3, -0.25) is 4.79 Å². The molecule has 1 aromatic heterocycles. The summed E-state index contributed by atoms with van der Waals surface area (Å²) in [7, 11) is 0. The van der Waals surface area contributed by atoms with E-state index in [9.17, 15) is 4.79 Å². The lowest BCUT2D eigenvalue weighted by Crippen LogP contribution is -2.35. The minimum atomic E-state index is -0.0467. The van der Waals surface area contributed by atoms with Gasteiger partial charge in [0.1, 0.15) is 5.82 Å². The molecule has 0 saturated carbocycles. The predicted octanol–water partition coefficient (Wildman–Crippen LogP) is 3.00. The summed E-state index contributed by atoms with van der Waals surface area (Å²) in [6.07, 6.45) is 7.68. The zero-order valence-electron chi connectivity index (χ0n) is 13.6. The zero-order chi connectivity index (χ0) is 15.6. The van der Waals surface area contributed by atoms with Gasteiger partial charge in [-0.05, 0) is 44.4 Å². The normalized spacial score (nSPS) is 19.4. The molecule has 1 aromatic carbocycles. The fraction of sp³-hybridized carbons (Fsp3) is 0.444. The molecular formula is C18H23ClN4O. The Labute approximate surface area is 148 Å². The number of aromatic nitrogens is 2. The molecular weight excluding hydrogens is 324 g/mol. The number of nitrogens with zero attached hydrogens (tertiary/aromatic N) is 2. The highest BCUT2D eigenvalue weighted by Crippen LogP contribution is 2.24. The molecule has 2 aliphatic heterocycles. The number of aryl methyl sites for hydroxylation is 2. The molecule has 2 N–H and O–H groups in total. The van der Waals surface area contributed by atoms with Crippen molar-refractivity contribution in [2.75, 3.05) is 11.9 Å². The molecule has 1 unspecified atom stereocenters. The van der Waals surface area contributed by atoms with Gasteiger partial charge in [0.15, 0.2) is 0 Å². The van der Waals surface area contributed by atoms with Crippen LogP contribution in [0.3, 0.4) is 0 Å². The van der Waals surface area contributed by atoms with Crippen LogP contribution in [0.2, 0.25) is 0 Å². The van der Waals surface area contributed by atoms with Gasteiger partial charge in [-0.15, -0.1) is 12.4 Å². The molecule has 0 aliphatic carbocycles. The first kappa shape index (κ1) is 17.0. The Morgan fingerprint density at radius 2 is 2.04 bits per heavy atom. The number of hydrogen-bond acceptors (Lipinski definition) is 3. The fourth-order valence-corrected chi connectivity index (χ4v) is 3.41. The first-order valence-electron chi connectivity index (χ1n) is 8.50. The van der Waals surface area contributed by atoms with Crippen molar-refractivity contribution in [2.45, 2.75) is 44.7 Å². The van der Waals surface area contributed by atoms with E-state index in [1.165, 1.54) is 18.7 Å². The van der Waals surface area contributed by atoms with E-state index in [1.54, 1.807) is 0 Å². The summed E-state index contributed by atoms with van der Waals surface area (Å²) < 4.78 is 2.26. The lowest BCUT2D eigenvalue weighted by molar-refractivity contribution is -0.117. The monoisotopic (exact) mass is 346 g/mol. The van der Waals surface area contributed by atoms with Crippen molar-refractivity contribution in [2.24, 2.45) is 0 Å². The standard InChI is InChI=1S/C18H22N4O.ClH/c23-18(15-4-3-10-19-15)20-14-8-6-13(7-9-14)16-12-22-11-2-1-5-17(22)21-16;/h6-9,12,15,19H,1-5,10-11H2,(H,20,23);1H. The van der Waals surface area contributed by atoms with Gasteiger partial charge in [-0.2, -0.15) is 0 Å². The number of anilines is 1. The van der Waals surface area contributed by atoms with Crippen LogP contribution in [0.1, 0.15) is 31.5 Å². The number of carbonyl (C=O) groups is 1. The van der Waals surface area contributed by atoms with Crippen molar-refractivity contribution in [3.05, 3.63) is 36.3 Å². The molecule has 0 spiro atoms. The van der Waals surface area contributed by atoms with Crippen LogP contribution in [0.15, 0.2) is 30.5 Å². The van der Waals surface area contributed by atoms with Gasteiger partial charge in [0.05, 0.1) is 11.7 Å². The third kappa shape index (κ3) is 3.47. The van der Waals surface area contributed by atoms with Crippen LogP contribution in [-0.2, 0) is 17.8 Å². The second-order valence-electron chi connectivity index (χ2n) is 6.41. The summed E-state index contributed by atoms with van der Waals surface area (Å²) in [5.74, 6) is 1.25. The van der Waals surface area contributed by atoms with E-state index in [-0.39, 0.29) is 24.4 Å². The minimum absolute atomic E-state index is 0. The summed E-state index contributed by atoms with van der Waals surface area (Å²) in [5.41, 5.74) is 2.97. The summed E-state index contributed by atoms with van der Waals surface area (Å²) in [5, 5.41) is 6.20. The third-order valence-electron chi connectivity index (χ3n) is 4.73. The SMILES string of the molecule is Cl.O=C(Nc1ccc(-c2cn3c(n2)CCCC3)cc1)C1CCCN1. The summed E-state index contributed by atoms with van der Waals surface area (Å²) in [6, 6.07) is 7.94. The van der Waals surface area contributed by atoms with E-state index in [2.05, 4.69) is 21.4 Å². The maximum Gasteiger partial charge on any atom is 0.241 e. The largest absolute Gasteiger partial charge is 0.334 e. The fourth-order valence-electron chi connectivity index (χ4n) is 3.41. The van der Waals surface area contributed by atoms with Gasteiger partial charge in [0, 0.05) is 30.4 Å². The van der Waals surface area contributed by atoms with Gasteiger partial charge in [-0.25, -0.2) is 4.98 Å². The molecule has 4 rings (SSSR count). The first-order chi connectivity index (χ1) is 11.3. The Kier molecular flexibility index (Phi) is 5.21. The molecule has 2 aliphatic rings. The van der Waals surface area contributed by atoms with Gasteiger partial charge < -0.3 is 15.2 Å². The van der Waals surface area contributed by atoms with Crippen molar-refractivity contribution in [3.63, 3.8) is 0 Å². The molecule has 1 saturated heterocycles.